The topological polar surface area (TPSA) is 111 Å². The van der Waals surface area contributed by atoms with Gasteiger partial charge in [-0.3, -0.25) is 14.9 Å². The fourth-order valence-electron chi connectivity index (χ4n) is 2.97. The fourth-order valence-corrected chi connectivity index (χ4v) is 3.78. The van der Waals surface area contributed by atoms with Gasteiger partial charge in [-0.25, -0.2) is 4.98 Å². The van der Waals surface area contributed by atoms with Gasteiger partial charge in [-0.2, -0.15) is 0 Å². The summed E-state index contributed by atoms with van der Waals surface area (Å²) in [6.45, 7) is 0.429. The van der Waals surface area contributed by atoms with Crippen LogP contribution in [-0.4, -0.2) is 27.9 Å². The highest BCUT2D eigenvalue weighted by atomic mass is 32.1. The molecule has 0 spiro atoms. The van der Waals surface area contributed by atoms with E-state index in [0.717, 1.165) is 31.2 Å². The minimum absolute atomic E-state index is 0.0272. The zero-order chi connectivity index (χ0) is 17.2. The second-order valence-corrected chi connectivity index (χ2v) is 6.85. The van der Waals surface area contributed by atoms with E-state index in [0.29, 0.717) is 17.2 Å². The molecular formula is C16H18N4O3S. The Morgan fingerprint density at radius 1 is 1.33 bits per heavy atom. The lowest BCUT2D eigenvalue weighted by Gasteiger charge is -2.28. The molecule has 0 atom stereocenters. The average Bonchev–Trinajstić information content (AvgIpc) is 3.25. The number of hydrogen-bond acceptors (Lipinski definition) is 6. The van der Waals surface area contributed by atoms with Crippen molar-refractivity contribution in [1.82, 2.24) is 10.3 Å². The molecule has 8 heteroatoms. The molecule has 1 aliphatic rings. The van der Waals surface area contributed by atoms with Gasteiger partial charge in [0.25, 0.3) is 11.6 Å². The van der Waals surface area contributed by atoms with Gasteiger partial charge in [-0.15, -0.1) is 11.3 Å². The monoisotopic (exact) mass is 346 g/mol. The minimum Gasteiger partial charge on any atom is -0.344 e. The summed E-state index contributed by atoms with van der Waals surface area (Å²) in [5.74, 6) is -0.216. The normalized spacial score (nSPS) is 16.0. The first-order chi connectivity index (χ1) is 11.5. The lowest BCUT2D eigenvalue weighted by molar-refractivity contribution is -0.384. The Hall–Kier alpha value is -2.32. The third-order valence-electron chi connectivity index (χ3n) is 4.39. The predicted octanol–water partition coefficient (Wildman–Crippen LogP) is 2.72. The summed E-state index contributed by atoms with van der Waals surface area (Å²) in [5.41, 5.74) is 6.66. The molecule has 126 valence electrons. The van der Waals surface area contributed by atoms with Crippen LogP contribution in [-0.2, 0) is 0 Å². The van der Waals surface area contributed by atoms with Crippen LogP contribution in [0.4, 0.5) is 5.69 Å². The molecule has 0 bridgehead atoms. The summed E-state index contributed by atoms with van der Waals surface area (Å²) >= 11 is 1.34. The molecule has 1 aromatic heterocycles. The second kappa shape index (κ2) is 6.66. The highest BCUT2D eigenvalue weighted by Crippen LogP contribution is 2.30. The van der Waals surface area contributed by atoms with Crippen molar-refractivity contribution in [3.8, 4) is 10.6 Å². The van der Waals surface area contributed by atoms with E-state index in [1.54, 1.807) is 17.5 Å². The molecule has 1 heterocycles. The Bertz CT molecular complexity index is 751. The van der Waals surface area contributed by atoms with E-state index < -0.39 is 4.92 Å². The molecule has 2 aromatic rings. The number of nitro groups is 1. The number of non-ortho nitro benzene ring substituents is 1. The van der Waals surface area contributed by atoms with Crippen molar-refractivity contribution in [1.29, 1.82) is 0 Å². The summed E-state index contributed by atoms with van der Waals surface area (Å²) in [7, 11) is 0. The molecule has 0 radical (unpaired) electrons. The van der Waals surface area contributed by atoms with E-state index in [4.69, 9.17) is 5.73 Å². The molecular weight excluding hydrogens is 328 g/mol. The van der Waals surface area contributed by atoms with E-state index in [1.165, 1.54) is 23.5 Å². The van der Waals surface area contributed by atoms with E-state index in [1.807, 2.05) is 0 Å². The third kappa shape index (κ3) is 3.29. The molecule has 1 amide bonds. The largest absolute Gasteiger partial charge is 0.344 e. The van der Waals surface area contributed by atoms with Crippen molar-refractivity contribution in [3.05, 3.63) is 45.5 Å². The number of aromatic nitrogens is 1. The SMILES string of the molecule is NCC1(NC(=O)c2csc(-c3ccc([N+](=O)[O-])cc3)n2)CCCC1. The van der Waals surface area contributed by atoms with Crippen LogP contribution in [0.5, 0.6) is 0 Å². The Balaban J connectivity index is 1.75. The average molecular weight is 346 g/mol. The van der Waals surface area contributed by atoms with Gasteiger partial charge >= 0.3 is 0 Å². The number of carbonyl (C=O) groups is 1. The lowest BCUT2D eigenvalue weighted by Crippen LogP contribution is -2.51. The van der Waals surface area contributed by atoms with Crippen LogP contribution in [0.25, 0.3) is 10.6 Å². The van der Waals surface area contributed by atoms with Gasteiger partial charge in [0.1, 0.15) is 10.7 Å². The van der Waals surface area contributed by atoms with E-state index in [2.05, 4.69) is 10.3 Å². The summed E-state index contributed by atoms with van der Waals surface area (Å²) in [5, 5.41) is 16.1. The first-order valence-electron chi connectivity index (χ1n) is 7.76. The van der Waals surface area contributed by atoms with Crippen LogP contribution in [0.2, 0.25) is 0 Å². The maximum atomic E-state index is 12.4. The number of nitro benzene ring substituents is 1. The molecule has 1 fully saturated rings. The predicted molar refractivity (Wildman–Crippen MR) is 91.9 cm³/mol. The number of nitrogens with zero attached hydrogens (tertiary/aromatic N) is 2. The number of nitrogens with one attached hydrogen (secondary N) is 1. The third-order valence-corrected chi connectivity index (χ3v) is 5.28. The number of rotatable bonds is 5. The van der Waals surface area contributed by atoms with Crippen molar-refractivity contribution < 1.29 is 9.72 Å². The quantitative estimate of drug-likeness (QED) is 0.639. The van der Waals surface area contributed by atoms with Crippen molar-refractivity contribution in [2.75, 3.05) is 6.54 Å². The number of nitrogens with two attached hydrogens (primary N) is 1. The van der Waals surface area contributed by atoms with Crippen LogP contribution in [0, 0.1) is 10.1 Å². The highest BCUT2D eigenvalue weighted by molar-refractivity contribution is 7.13. The second-order valence-electron chi connectivity index (χ2n) is 5.99. The van der Waals surface area contributed by atoms with Gasteiger partial charge in [0.05, 0.1) is 10.5 Å². The number of hydrogen-bond donors (Lipinski definition) is 2. The number of thiazole rings is 1. The van der Waals surface area contributed by atoms with Crippen LogP contribution >= 0.6 is 11.3 Å². The van der Waals surface area contributed by atoms with Gasteiger partial charge in [-0.1, -0.05) is 12.8 Å². The molecule has 3 N–H and O–H groups in total. The molecule has 1 aromatic carbocycles. The van der Waals surface area contributed by atoms with Crippen molar-refractivity contribution in [2.45, 2.75) is 31.2 Å². The molecule has 24 heavy (non-hydrogen) atoms. The lowest BCUT2D eigenvalue weighted by atomic mass is 9.98. The molecule has 1 aliphatic carbocycles. The number of amides is 1. The zero-order valence-electron chi connectivity index (χ0n) is 13.0. The highest BCUT2D eigenvalue weighted by Gasteiger charge is 2.34. The van der Waals surface area contributed by atoms with Gasteiger partial charge in [0.2, 0.25) is 0 Å². The van der Waals surface area contributed by atoms with Gasteiger partial charge < -0.3 is 11.1 Å². The maximum absolute atomic E-state index is 12.4. The Kier molecular flexibility index (Phi) is 4.59. The smallest absolute Gasteiger partial charge is 0.271 e. The molecule has 7 nitrogen and oxygen atoms in total. The number of carbonyl (C=O) groups excluding carboxylic acids is 1. The van der Waals surface area contributed by atoms with E-state index in [-0.39, 0.29) is 17.1 Å². The Morgan fingerprint density at radius 3 is 2.58 bits per heavy atom. The first-order valence-corrected chi connectivity index (χ1v) is 8.64. The van der Waals surface area contributed by atoms with Crippen molar-refractivity contribution >= 4 is 22.9 Å². The van der Waals surface area contributed by atoms with Crippen molar-refractivity contribution in [2.24, 2.45) is 5.73 Å². The minimum atomic E-state index is -0.446. The number of benzene rings is 1. The summed E-state index contributed by atoms with van der Waals surface area (Å²) in [6, 6.07) is 6.13. The zero-order valence-corrected chi connectivity index (χ0v) is 13.8. The van der Waals surface area contributed by atoms with Gasteiger partial charge in [0.15, 0.2) is 0 Å². The summed E-state index contributed by atoms with van der Waals surface area (Å²) in [4.78, 5) is 27.0. The maximum Gasteiger partial charge on any atom is 0.271 e. The molecule has 3 rings (SSSR count). The molecule has 1 saturated carbocycles. The van der Waals surface area contributed by atoms with Gasteiger partial charge in [-0.05, 0) is 25.0 Å². The van der Waals surface area contributed by atoms with Gasteiger partial charge in [0, 0.05) is 29.6 Å². The van der Waals surface area contributed by atoms with Crippen LogP contribution in [0.1, 0.15) is 36.2 Å². The van der Waals surface area contributed by atoms with Crippen LogP contribution in [0.3, 0.4) is 0 Å². The van der Waals surface area contributed by atoms with Crippen molar-refractivity contribution in [3.63, 3.8) is 0 Å². The molecule has 0 saturated heterocycles. The Morgan fingerprint density at radius 2 is 2.00 bits per heavy atom. The summed E-state index contributed by atoms with van der Waals surface area (Å²) in [6.07, 6.45) is 3.94. The standard InChI is InChI=1S/C16H18N4O3S/c17-10-16(7-1-2-8-16)19-14(21)13-9-24-15(18-13)11-3-5-12(6-4-11)20(22)23/h3-6,9H,1-2,7-8,10,17H2,(H,19,21). The van der Waals surface area contributed by atoms with Crippen LogP contribution in [0.15, 0.2) is 29.6 Å². The Labute approximate surface area is 143 Å². The fraction of sp³-hybridized carbons (Fsp3) is 0.375. The first kappa shape index (κ1) is 16.5. The van der Waals surface area contributed by atoms with Crippen LogP contribution < -0.4 is 11.1 Å². The molecule has 0 aliphatic heterocycles. The van der Waals surface area contributed by atoms with E-state index in [9.17, 15) is 14.9 Å². The summed E-state index contributed by atoms with van der Waals surface area (Å²) < 4.78 is 0. The van der Waals surface area contributed by atoms with E-state index >= 15 is 0 Å². The molecule has 0 unspecified atom stereocenters.